The zero-order chi connectivity index (χ0) is 13.8. The smallest absolute Gasteiger partial charge is 0.192 e. The highest BCUT2D eigenvalue weighted by atomic mass is 32.2. The number of benzene rings is 1. The topological polar surface area (TPSA) is 51.8 Å². The van der Waals surface area contributed by atoms with Crippen molar-refractivity contribution >= 4 is 11.8 Å². The van der Waals surface area contributed by atoms with E-state index in [4.69, 9.17) is 5.73 Å². The number of nitrogens with zero attached hydrogens (tertiary/aromatic N) is 2. The zero-order valence-electron chi connectivity index (χ0n) is 10.4. The fourth-order valence-electron chi connectivity index (χ4n) is 1.59. The van der Waals surface area contributed by atoms with E-state index in [0.717, 1.165) is 17.5 Å². The first-order chi connectivity index (χ1) is 9.10. The average molecular weight is 281 g/mol. The Labute approximate surface area is 114 Å². The van der Waals surface area contributed by atoms with Gasteiger partial charge < -0.3 is 5.73 Å². The fourth-order valence-corrected chi connectivity index (χ4v) is 2.39. The first-order valence-electron chi connectivity index (χ1n) is 5.75. The van der Waals surface area contributed by atoms with Gasteiger partial charge in [0.15, 0.2) is 5.16 Å². The van der Waals surface area contributed by atoms with Gasteiger partial charge in [-0.05, 0) is 55.4 Å². The molecule has 0 bridgehead atoms. The quantitative estimate of drug-likeness (QED) is 0.875. The maximum absolute atomic E-state index is 13.9. The van der Waals surface area contributed by atoms with Gasteiger partial charge in [-0.25, -0.2) is 18.7 Å². The second kappa shape index (κ2) is 6.08. The molecule has 0 aliphatic rings. The van der Waals surface area contributed by atoms with Crippen LogP contribution in [0.5, 0.6) is 0 Å². The molecular formula is C13H13F2N3S. The molecule has 0 saturated carbocycles. The minimum absolute atomic E-state index is 0.0913. The van der Waals surface area contributed by atoms with Gasteiger partial charge in [-0.15, -0.1) is 0 Å². The monoisotopic (exact) mass is 281 g/mol. The van der Waals surface area contributed by atoms with Gasteiger partial charge in [0.1, 0.15) is 11.6 Å². The van der Waals surface area contributed by atoms with Gasteiger partial charge >= 0.3 is 0 Å². The molecule has 0 aliphatic heterocycles. The van der Waals surface area contributed by atoms with Crippen molar-refractivity contribution in [1.82, 2.24) is 9.97 Å². The molecule has 1 aromatic carbocycles. The Bertz CT molecular complexity index is 567. The normalized spacial score (nSPS) is 10.7. The van der Waals surface area contributed by atoms with Gasteiger partial charge in [-0.3, -0.25) is 0 Å². The van der Waals surface area contributed by atoms with Crippen molar-refractivity contribution < 1.29 is 8.78 Å². The third kappa shape index (κ3) is 3.48. The number of hydrogen-bond donors (Lipinski definition) is 1. The highest BCUT2D eigenvalue weighted by Gasteiger charge is 2.14. The highest BCUT2D eigenvalue weighted by molar-refractivity contribution is 7.99. The Kier molecular flexibility index (Phi) is 4.44. The summed E-state index contributed by atoms with van der Waals surface area (Å²) in [7, 11) is 0. The van der Waals surface area contributed by atoms with E-state index in [1.54, 1.807) is 19.2 Å². The lowest BCUT2D eigenvalue weighted by molar-refractivity contribution is 0.537. The predicted octanol–water partition coefficient (Wildman–Crippen LogP) is 2.72. The van der Waals surface area contributed by atoms with Crippen molar-refractivity contribution in [3.63, 3.8) is 0 Å². The molecule has 1 aromatic heterocycles. The molecule has 2 N–H and O–H groups in total. The van der Waals surface area contributed by atoms with Gasteiger partial charge in [-0.2, -0.15) is 0 Å². The summed E-state index contributed by atoms with van der Waals surface area (Å²) in [5.74, 6) is -1.22. The van der Waals surface area contributed by atoms with E-state index in [0.29, 0.717) is 23.7 Å². The average Bonchev–Trinajstić information content (AvgIpc) is 2.34. The van der Waals surface area contributed by atoms with Gasteiger partial charge in [-0.1, -0.05) is 0 Å². The molecule has 1 heterocycles. The molecule has 100 valence electrons. The van der Waals surface area contributed by atoms with Crippen molar-refractivity contribution in [2.24, 2.45) is 5.73 Å². The summed E-state index contributed by atoms with van der Waals surface area (Å²) in [5.41, 5.74) is 6.67. The molecule has 0 amide bonds. The van der Waals surface area contributed by atoms with E-state index in [9.17, 15) is 8.78 Å². The summed E-state index contributed by atoms with van der Waals surface area (Å²) >= 11 is 0.878. The molecule has 3 nitrogen and oxygen atoms in total. The number of nitrogens with two attached hydrogens (primary N) is 1. The molecule has 6 heteroatoms. The van der Waals surface area contributed by atoms with Crippen LogP contribution in [0.4, 0.5) is 8.78 Å². The molecule has 0 atom stereocenters. The highest BCUT2D eigenvalue weighted by Crippen LogP contribution is 2.30. The van der Waals surface area contributed by atoms with E-state index in [1.807, 2.05) is 0 Å². The third-order valence-corrected chi connectivity index (χ3v) is 3.43. The molecule has 0 aliphatic carbocycles. The van der Waals surface area contributed by atoms with Crippen LogP contribution in [0.2, 0.25) is 0 Å². The Balaban J connectivity index is 2.30. The second-order valence-electron chi connectivity index (χ2n) is 4.01. The van der Waals surface area contributed by atoms with Crippen molar-refractivity contribution in [3.8, 4) is 0 Å². The SMILES string of the molecule is Cc1ccnc(Sc2c(F)cc(CCN)cc2F)n1. The molecule has 2 aromatic rings. The molecule has 0 radical (unpaired) electrons. The largest absolute Gasteiger partial charge is 0.330 e. The molecule has 0 saturated heterocycles. The minimum atomic E-state index is -0.612. The van der Waals surface area contributed by atoms with Crippen LogP contribution in [-0.4, -0.2) is 16.5 Å². The van der Waals surface area contributed by atoms with Crippen LogP contribution in [0.1, 0.15) is 11.3 Å². The molecule has 2 rings (SSSR count). The minimum Gasteiger partial charge on any atom is -0.330 e. The Hall–Kier alpha value is -1.53. The first kappa shape index (κ1) is 13.9. The Morgan fingerprint density at radius 3 is 2.53 bits per heavy atom. The number of aryl methyl sites for hydroxylation is 1. The van der Waals surface area contributed by atoms with Crippen molar-refractivity contribution in [2.75, 3.05) is 6.54 Å². The molecule has 0 fully saturated rings. The zero-order valence-corrected chi connectivity index (χ0v) is 11.2. The second-order valence-corrected chi connectivity index (χ2v) is 4.99. The van der Waals surface area contributed by atoms with E-state index >= 15 is 0 Å². The lowest BCUT2D eigenvalue weighted by Crippen LogP contribution is -2.04. The van der Waals surface area contributed by atoms with Crippen molar-refractivity contribution in [3.05, 3.63) is 47.3 Å². The van der Waals surface area contributed by atoms with Crippen LogP contribution in [0.15, 0.2) is 34.4 Å². The van der Waals surface area contributed by atoms with E-state index in [1.165, 1.54) is 12.1 Å². The summed E-state index contributed by atoms with van der Waals surface area (Å²) in [4.78, 5) is 7.99. The third-order valence-electron chi connectivity index (χ3n) is 2.46. The summed E-state index contributed by atoms with van der Waals surface area (Å²) in [6.45, 7) is 2.15. The summed E-state index contributed by atoms with van der Waals surface area (Å²) in [6.07, 6.45) is 2.00. The first-order valence-corrected chi connectivity index (χ1v) is 6.57. The Morgan fingerprint density at radius 1 is 1.26 bits per heavy atom. The summed E-state index contributed by atoms with van der Waals surface area (Å²) < 4.78 is 27.7. The van der Waals surface area contributed by atoms with Crippen LogP contribution < -0.4 is 5.73 Å². The number of halogens is 2. The van der Waals surface area contributed by atoms with Crippen molar-refractivity contribution in [2.45, 2.75) is 23.4 Å². The van der Waals surface area contributed by atoms with Gasteiger partial charge in [0.05, 0.1) is 4.90 Å². The van der Waals surface area contributed by atoms with Crippen LogP contribution >= 0.6 is 11.8 Å². The maximum atomic E-state index is 13.9. The van der Waals surface area contributed by atoms with Gasteiger partial charge in [0.25, 0.3) is 0 Å². The molecule has 0 spiro atoms. The fraction of sp³-hybridized carbons (Fsp3) is 0.231. The number of aromatic nitrogens is 2. The Morgan fingerprint density at radius 2 is 1.95 bits per heavy atom. The van der Waals surface area contributed by atoms with E-state index in [2.05, 4.69) is 9.97 Å². The van der Waals surface area contributed by atoms with Crippen LogP contribution in [-0.2, 0) is 6.42 Å². The van der Waals surface area contributed by atoms with Crippen LogP contribution in [0.3, 0.4) is 0 Å². The summed E-state index contributed by atoms with van der Waals surface area (Å²) in [6, 6.07) is 4.32. The van der Waals surface area contributed by atoms with Gasteiger partial charge in [0.2, 0.25) is 0 Å². The standard InChI is InChI=1S/C13H13F2N3S/c1-8-3-5-17-13(18-8)19-12-10(14)6-9(2-4-16)7-11(12)15/h3,5-7H,2,4,16H2,1H3. The lowest BCUT2D eigenvalue weighted by Gasteiger charge is -2.06. The molecule has 0 unspecified atom stereocenters. The van der Waals surface area contributed by atoms with E-state index in [-0.39, 0.29) is 4.90 Å². The van der Waals surface area contributed by atoms with Gasteiger partial charge in [0, 0.05) is 11.9 Å². The maximum Gasteiger partial charge on any atom is 0.192 e. The summed E-state index contributed by atoms with van der Waals surface area (Å²) in [5, 5.41) is 0.323. The van der Waals surface area contributed by atoms with Crippen LogP contribution in [0.25, 0.3) is 0 Å². The predicted molar refractivity (Wildman–Crippen MR) is 70.0 cm³/mol. The number of rotatable bonds is 4. The van der Waals surface area contributed by atoms with E-state index < -0.39 is 11.6 Å². The molecular weight excluding hydrogens is 268 g/mol. The lowest BCUT2D eigenvalue weighted by atomic mass is 10.1. The molecule has 19 heavy (non-hydrogen) atoms. The van der Waals surface area contributed by atoms with Crippen LogP contribution in [0, 0.1) is 18.6 Å². The number of hydrogen-bond acceptors (Lipinski definition) is 4. The van der Waals surface area contributed by atoms with Crippen molar-refractivity contribution in [1.29, 1.82) is 0 Å².